The van der Waals surface area contributed by atoms with Gasteiger partial charge in [-0.15, -0.1) is 0 Å². The Labute approximate surface area is 406 Å². The second-order valence-corrected chi connectivity index (χ2v) is 19.3. The van der Waals surface area contributed by atoms with E-state index in [-0.39, 0.29) is 5.41 Å². The molecule has 0 saturated heterocycles. The highest BCUT2D eigenvalue weighted by Crippen LogP contribution is 2.50. The van der Waals surface area contributed by atoms with Crippen LogP contribution >= 0.6 is 0 Å². The number of fused-ring (bicyclic) bond motifs is 10. The second-order valence-electron chi connectivity index (χ2n) is 19.3. The Kier molecular flexibility index (Phi) is 8.93. The van der Waals surface area contributed by atoms with Gasteiger partial charge in [-0.1, -0.05) is 184 Å². The quantitative estimate of drug-likeness (QED) is 0.159. The Hall–Kier alpha value is -8.92. The molecule has 3 nitrogen and oxygen atoms in total. The van der Waals surface area contributed by atoms with Crippen molar-refractivity contribution in [1.82, 2.24) is 4.57 Å². The van der Waals surface area contributed by atoms with Crippen molar-refractivity contribution in [1.29, 1.82) is 0 Å². The van der Waals surface area contributed by atoms with Crippen molar-refractivity contribution in [2.45, 2.75) is 19.3 Å². The Bertz CT molecular complexity index is 4180. The van der Waals surface area contributed by atoms with Gasteiger partial charge in [-0.2, -0.15) is 0 Å². The highest BCUT2D eigenvalue weighted by atomic mass is 16.3. The molecule has 0 fully saturated rings. The van der Waals surface area contributed by atoms with Crippen LogP contribution < -0.4 is 4.90 Å². The van der Waals surface area contributed by atoms with Crippen LogP contribution in [0, 0.1) is 0 Å². The third-order valence-corrected chi connectivity index (χ3v) is 15.0. The zero-order valence-corrected chi connectivity index (χ0v) is 38.9. The van der Waals surface area contributed by atoms with Crippen LogP contribution in [0.15, 0.2) is 247 Å². The van der Waals surface area contributed by atoms with Gasteiger partial charge >= 0.3 is 0 Å². The van der Waals surface area contributed by atoms with Crippen LogP contribution in [0.1, 0.15) is 25.0 Å². The van der Waals surface area contributed by atoms with Crippen LogP contribution in [-0.4, -0.2) is 4.57 Å². The predicted molar refractivity (Wildman–Crippen MR) is 294 cm³/mol. The molecule has 0 saturated carbocycles. The van der Waals surface area contributed by atoms with Gasteiger partial charge in [0.1, 0.15) is 11.2 Å². The van der Waals surface area contributed by atoms with Crippen molar-refractivity contribution >= 4 is 71.6 Å². The molecule has 1 aliphatic rings. The smallest absolute Gasteiger partial charge is 0.137 e. The second kappa shape index (κ2) is 15.6. The summed E-state index contributed by atoms with van der Waals surface area (Å²) in [7, 11) is 0. The van der Waals surface area contributed by atoms with E-state index < -0.39 is 0 Å². The SMILES string of the molecule is CC1(C)c2ccccc2-c2ccc(-c3ccc(N(c4ccc(-c5ccc(-n6c7ccccc7c7cc8c(cc76)oc6ccccc68)cc5)cc4)c4ccc(-c5ccccc5)c5ccccc45)cc3)cc21. The highest BCUT2D eigenvalue weighted by molar-refractivity contribution is 6.17. The zero-order chi connectivity index (χ0) is 46.5. The fourth-order valence-electron chi connectivity index (χ4n) is 11.5. The molecule has 0 radical (unpaired) electrons. The molecular formula is C67H46N2O. The Morgan fingerprint density at radius 3 is 1.67 bits per heavy atom. The summed E-state index contributed by atoms with van der Waals surface area (Å²) in [5.74, 6) is 0. The molecule has 0 unspecified atom stereocenters. The molecule has 13 aromatic rings. The summed E-state index contributed by atoms with van der Waals surface area (Å²) in [6, 6.07) is 88.6. The maximum absolute atomic E-state index is 6.39. The van der Waals surface area contributed by atoms with E-state index in [1.165, 1.54) is 71.6 Å². The van der Waals surface area contributed by atoms with Gasteiger partial charge < -0.3 is 13.9 Å². The lowest BCUT2D eigenvalue weighted by atomic mass is 9.81. The molecule has 14 rings (SSSR count). The first-order valence-corrected chi connectivity index (χ1v) is 24.2. The fourth-order valence-corrected chi connectivity index (χ4v) is 11.5. The van der Waals surface area contributed by atoms with Gasteiger partial charge in [-0.05, 0) is 128 Å². The van der Waals surface area contributed by atoms with Crippen molar-refractivity contribution in [3.63, 3.8) is 0 Å². The number of nitrogens with zero attached hydrogens (tertiary/aromatic N) is 2. The summed E-state index contributed by atoms with van der Waals surface area (Å²) in [6.45, 7) is 4.70. The van der Waals surface area contributed by atoms with E-state index >= 15 is 0 Å². The first-order valence-electron chi connectivity index (χ1n) is 24.2. The summed E-state index contributed by atoms with van der Waals surface area (Å²) >= 11 is 0. The minimum absolute atomic E-state index is 0.0592. The molecule has 11 aromatic carbocycles. The number of aromatic nitrogens is 1. The summed E-state index contributed by atoms with van der Waals surface area (Å²) in [4.78, 5) is 2.41. The molecule has 3 heteroatoms. The van der Waals surface area contributed by atoms with E-state index in [9.17, 15) is 0 Å². The molecule has 330 valence electrons. The molecule has 0 N–H and O–H groups in total. The zero-order valence-electron chi connectivity index (χ0n) is 38.9. The minimum atomic E-state index is -0.0592. The topological polar surface area (TPSA) is 21.3 Å². The van der Waals surface area contributed by atoms with Crippen LogP contribution in [0.5, 0.6) is 0 Å². The van der Waals surface area contributed by atoms with E-state index in [4.69, 9.17) is 4.42 Å². The Morgan fingerprint density at radius 2 is 0.914 bits per heavy atom. The number of hydrogen-bond acceptors (Lipinski definition) is 2. The van der Waals surface area contributed by atoms with Crippen molar-refractivity contribution in [2.24, 2.45) is 0 Å². The molecule has 70 heavy (non-hydrogen) atoms. The third-order valence-electron chi connectivity index (χ3n) is 15.0. The minimum Gasteiger partial charge on any atom is -0.456 e. The van der Waals surface area contributed by atoms with E-state index in [2.05, 4.69) is 254 Å². The first kappa shape index (κ1) is 40.2. The van der Waals surface area contributed by atoms with Gasteiger partial charge in [0.05, 0.1) is 16.7 Å². The van der Waals surface area contributed by atoms with Crippen LogP contribution in [0.4, 0.5) is 17.1 Å². The number of benzene rings is 11. The van der Waals surface area contributed by atoms with Gasteiger partial charge in [-0.3, -0.25) is 0 Å². The number of para-hydroxylation sites is 2. The van der Waals surface area contributed by atoms with E-state index in [1.807, 2.05) is 12.1 Å². The molecule has 2 aromatic heterocycles. The molecule has 1 aliphatic carbocycles. The molecule has 2 heterocycles. The number of hydrogen-bond donors (Lipinski definition) is 0. The largest absolute Gasteiger partial charge is 0.456 e. The van der Waals surface area contributed by atoms with Gasteiger partial charge in [0.15, 0.2) is 0 Å². The monoisotopic (exact) mass is 894 g/mol. The number of furan rings is 1. The molecule has 0 aliphatic heterocycles. The highest BCUT2D eigenvalue weighted by Gasteiger charge is 2.35. The average molecular weight is 895 g/mol. The van der Waals surface area contributed by atoms with E-state index in [0.29, 0.717) is 0 Å². The molecular weight excluding hydrogens is 849 g/mol. The van der Waals surface area contributed by atoms with Gasteiger partial charge in [0, 0.05) is 55.5 Å². The van der Waals surface area contributed by atoms with Crippen LogP contribution in [0.3, 0.4) is 0 Å². The van der Waals surface area contributed by atoms with Crippen molar-refractivity contribution in [3.8, 4) is 50.2 Å². The Morgan fingerprint density at radius 1 is 0.343 bits per heavy atom. The summed E-state index contributed by atoms with van der Waals surface area (Å²) < 4.78 is 8.75. The van der Waals surface area contributed by atoms with E-state index in [1.54, 1.807) is 0 Å². The van der Waals surface area contributed by atoms with Crippen LogP contribution in [0.25, 0.3) is 105 Å². The maximum Gasteiger partial charge on any atom is 0.137 e. The molecule has 0 amide bonds. The predicted octanol–water partition coefficient (Wildman–Crippen LogP) is 18.6. The fraction of sp³-hybridized carbons (Fsp3) is 0.0448. The van der Waals surface area contributed by atoms with Crippen molar-refractivity contribution < 1.29 is 4.42 Å². The summed E-state index contributed by atoms with van der Waals surface area (Å²) in [5.41, 5.74) is 21.1. The molecule has 0 spiro atoms. The standard InChI is InChI=1S/C67H46N2O/c1-67(2)60-21-11-8-17-53(60)54-37-30-47(40-61(54)67)45-28-33-49(34-29-45)68(63-39-38-51(46-14-4-3-5-15-46)52-16-6-7-18-55(52)63)48-31-24-43(25-32-48)44-26-35-50(36-27-44)69-62-22-12-9-19-56(62)58-41-59-57-20-10-13-23-65(57)70-66(59)42-64(58)69/h3-42H,1-2H3. The average Bonchev–Trinajstić information content (AvgIpc) is 4.03. The third kappa shape index (κ3) is 6.21. The van der Waals surface area contributed by atoms with Crippen LogP contribution in [-0.2, 0) is 5.41 Å². The van der Waals surface area contributed by atoms with Gasteiger partial charge in [-0.25, -0.2) is 0 Å². The lowest BCUT2D eigenvalue weighted by Gasteiger charge is -2.28. The van der Waals surface area contributed by atoms with Crippen molar-refractivity contribution in [3.05, 3.63) is 254 Å². The van der Waals surface area contributed by atoms with Gasteiger partial charge in [0.25, 0.3) is 0 Å². The summed E-state index contributed by atoms with van der Waals surface area (Å²) in [6.07, 6.45) is 0. The Balaban J connectivity index is 0.842. The molecule has 0 bridgehead atoms. The lowest BCUT2D eigenvalue weighted by molar-refractivity contribution is 0.660. The summed E-state index contributed by atoms with van der Waals surface area (Å²) in [5, 5.41) is 7.14. The van der Waals surface area contributed by atoms with Crippen molar-refractivity contribution in [2.75, 3.05) is 4.90 Å². The first-order chi connectivity index (χ1) is 34.5. The normalized spacial score (nSPS) is 12.8. The molecule has 0 atom stereocenters. The lowest BCUT2D eigenvalue weighted by Crippen LogP contribution is -2.14. The maximum atomic E-state index is 6.39. The van der Waals surface area contributed by atoms with Crippen LogP contribution in [0.2, 0.25) is 0 Å². The number of anilines is 3. The number of rotatable bonds is 7. The van der Waals surface area contributed by atoms with Gasteiger partial charge in [0.2, 0.25) is 0 Å². The van der Waals surface area contributed by atoms with E-state index in [0.717, 1.165) is 61.3 Å².